The van der Waals surface area contributed by atoms with Crippen LogP contribution in [0.2, 0.25) is 0 Å². The minimum Gasteiger partial charge on any atom is -0.399 e. The molecule has 0 aliphatic heterocycles. The summed E-state index contributed by atoms with van der Waals surface area (Å²) >= 11 is 3.25. The van der Waals surface area contributed by atoms with Crippen LogP contribution < -0.4 is 5.73 Å². The van der Waals surface area contributed by atoms with Crippen LogP contribution >= 0.6 is 15.9 Å². The van der Waals surface area contributed by atoms with Crippen LogP contribution in [-0.2, 0) is 15.6 Å². The maximum absolute atomic E-state index is 13.5. The van der Waals surface area contributed by atoms with E-state index in [1.807, 2.05) is 0 Å². The van der Waals surface area contributed by atoms with Crippen molar-refractivity contribution in [3.8, 4) is 0 Å². The number of benzene rings is 2. The molecule has 2 aromatic rings. The molecule has 0 aromatic heterocycles. The summed E-state index contributed by atoms with van der Waals surface area (Å²) in [6.45, 7) is 0. The molecule has 0 spiro atoms. The number of halogens is 2. The van der Waals surface area contributed by atoms with Crippen LogP contribution in [0, 0.1) is 5.82 Å². The van der Waals surface area contributed by atoms with Crippen molar-refractivity contribution in [3.63, 3.8) is 0 Å². The van der Waals surface area contributed by atoms with Gasteiger partial charge in [-0.1, -0.05) is 34.1 Å². The van der Waals surface area contributed by atoms with Gasteiger partial charge in [0.15, 0.2) is 9.84 Å². The predicted octanol–water partition coefficient (Wildman–Crippen LogP) is 3.14. The number of hydrogen-bond donors (Lipinski definition) is 1. The maximum Gasteiger partial charge on any atom is 0.185 e. The van der Waals surface area contributed by atoms with Crippen LogP contribution in [-0.4, -0.2) is 8.42 Å². The summed E-state index contributed by atoms with van der Waals surface area (Å²) in [4.78, 5) is -0.293. The molecular formula is C13H11BrFNO2S. The lowest BCUT2D eigenvalue weighted by molar-refractivity contribution is 0.566. The first-order valence-corrected chi connectivity index (χ1v) is 7.86. The molecule has 0 saturated carbocycles. The molecule has 0 saturated heterocycles. The van der Waals surface area contributed by atoms with Crippen molar-refractivity contribution < 1.29 is 12.8 Å². The van der Waals surface area contributed by atoms with Crippen molar-refractivity contribution in [2.75, 3.05) is 5.73 Å². The number of nitrogen functional groups attached to an aromatic ring is 1. The quantitative estimate of drug-likeness (QED) is 0.871. The predicted molar refractivity (Wildman–Crippen MR) is 75.8 cm³/mol. The zero-order chi connectivity index (χ0) is 14.0. The average Bonchev–Trinajstić information content (AvgIpc) is 2.33. The largest absolute Gasteiger partial charge is 0.399 e. The molecule has 0 amide bonds. The summed E-state index contributed by atoms with van der Waals surface area (Å²) in [5.41, 5.74) is 6.65. The van der Waals surface area contributed by atoms with Gasteiger partial charge in [-0.2, -0.15) is 0 Å². The molecule has 0 unspecified atom stereocenters. The monoisotopic (exact) mass is 343 g/mol. The van der Waals surface area contributed by atoms with E-state index in [-0.39, 0.29) is 10.6 Å². The summed E-state index contributed by atoms with van der Waals surface area (Å²) in [7, 11) is -3.73. The van der Waals surface area contributed by atoms with E-state index in [2.05, 4.69) is 15.9 Å². The van der Waals surface area contributed by atoms with Gasteiger partial charge in [-0.15, -0.1) is 0 Å². The third-order valence-electron chi connectivity index (χ3n) is 2.59. The number of rotatable bonds is 3. The van der Waals surface area contributed by atoms with E-state index in [0.717, 1.165) is 6.07 Å². The molecule has 0 fully saturated rings. The molecule has 3 nitrogen and oxygen atoms in total. The Morgan fingerprint density at radius 1 is 1.16 bits per heavy atom. The highest BCUT2D eigenvalue weighted by molar-refractivity contribution is 9.10. The highest BCUT2D eigenvalue weighted by Crippen LogP contribution is 2.25. The van der Waals surface area contributed by atoms with E-state index in [1.54, 1.807) is 18.2 Å². The smallest absolute Gasteiger partial charge is 0.185 e. The lowest BCUT2D eigenvalue weighted by Gasteiger charge is -2.08. The third kappa shape index (κ3) is 3.13. The average molecular weight is 344 g/mol. The van der Waals surface area contributed by atoms with Gasteiger partial charge in [0, 0.05) is 10.2 Å². The van der Waals surface area contributed by atoms with Gasteiger partial charge in [0.2, 0.25) is 0 Å². The molecule has 100 valence electrons. The van der Waals surface area contributed by atoms with Crippen molar-refractivity contribution in [2.24, 2.45) is 0 Å². The normalized spacial score (nSPS) is 11.5. The molecule has 0 atom stereocenters. The van der Waals surface area contributed by atoms with Crippen LogP contribution in [0.4, 0.5) is 10.1 Å². The molecule has 0 radical (unpaired) electrons. The molecule has 0 aliphatic rings. The molecule has 0 bridgehead atoms. The van der Waals surface area contributed by atoms with Crippen LogP contribution in [0.3, 0.4) is 0 Å². The highest BCUT2D eigenvalue weighted by atomic mass is 79.9. The zero-order valence-corrected chi connectivity index (χ0v) is 12.2. The Kier molecular flexibility index (Phi) is 3.91. The van der Waals surface area contributed by atoms with Crippen LogP contribution in [0.5, 0.6) is 0 Å². The lowest BCUT2D eigenvalue weighted by Crippen LogP contribution is -2.07. The topological polar surface area (TPSA) is 60.2 Å². The molecule has 19 heavy (non-hydrogen) atoms. The summed E-state index contributed by atoms with van der Waals surface area (Å²) in [6.07, 6.45) is 0. The SMILES string of the molecule is Nc1ccc(CS(=O)(=O)c2ccccc2F)c(Br)c1. The van der Waals surface area contributed by atoms with Crippen molar-refractivity contribution in [3.05, 3.63) is 58.3 Å². The van der Waals surface area contributed by atoms with Crippen molar-refractivity contribution >= 4 is 31.5 Å². The van der Waals surface area contributed by atoms with Gasteiger partial charge in [-0.05, 0) is 29.8 Å². The van der Waals surface area contributed by atoms with E-state index in [1.165, 1.54) is 18.2 Å². The Morgan fingerprint density at radius 2 is 1.84 bits per heavy atom. The standard InChI is InChI=1S/C13H11BrFNO2S/c14-11-7-10(16)6-5-9(11)8-19(17,18)13-4-2-1-3-12(13)15/h1-7H,8,16H2. The molecule has 2 aromatic carbocycles. The molecule has 2 rings (SSSR count). The third-order valence-corrected chi connectivity index (χ3v) is 5.02. The maximum atomic E-state index is 13.5. The van der Waals surface area contributed by atoms with Crippen LogP contribution in [0.25, 0.3) is 0 Å². The summed E-state index contributed by atoms with van der Waals surface area (Å²) in [5.74, 6) is -1.02. The second kappa shape index (κ2) is 5.30. The molecule has 2 N–H and O–H groups in total. The Balaban J connectivity index is 2.40. The second-order valence-electron chi connectivity index (χ2n) is 4.04. The first kappa shape index (κ1) is 14.0. The molecule has 0 aliphatic carbocycles. The van der Waals surface area contributed by atoms with E-state index in [9.17, 15) is 12.8 Å². The number of nitrogens with two attached hydrogens (primary N) is 1. The van der Waals surface area contributed by atoms with Gasteiger partial charge in [0.05, 0.1) is 5.75 Å². The van der Waals surface area contributed by atoms with Crippen LogP contribution in [0.15, 0.2) is 51.8 Å². The molecular weight excluding hydrogens is 333 g/mol. The first-order chi connectivity index (χ1) is 8.90. The number of anilines is 1. The fourth-order valence-electron chi connectivity index (χ4n) is 1.66. The minimum absolute atomic E-state index is 0.283. The zero-order valence-electron chi connectivity index (χ0n) is 9.81. The summed E-state index contributed by atoms with van der Waals surface area (Å²) in [5, 5.41) is 0. The van der Waals surface area contributed by atoms with Crippen molar-refractivity contribution in [1.82, 2.24) is 0 Å². The van der Waals surface area contributed by atoms with E-state index in [4.69, 9.17) is 5.73 Å². The Labute approximate surface area is 119 Å². The van der Waals surface area contributed by atoms with E-state index in [0.29, 0.717) is 15.7 Å². The second-order valence-corrected chi connectivity index (χ2v) is 6.85. The Morgan fingerprint density at radius 3 is 2.47 bits per heavy atom. The van der Waals surface area contributed by atoms with Gasteiger partial charge >= 0.3 is 0 Å². The highest BCUT2D eigenvalue weighted by Gasteiger charge is 2.20. The molecule has 6 heteroatoms. The fraction of sp³-hybridized carbons (Fsp3) is 0.0769. The van der Waals surface area contributed by atoms with Crippen molar-refractivity contribution in [1.29, 1.82) is 0 Å². The number of hydrogen-bond acceptors (Lipinski definition) is 3. The summed E-state index contributed by atoms with van der Waals surface area (Å²) < 4.78 is 38.5. The fourth-order valence-corrected chi connectivity index (χ4v) is 3.85. The van der Waals surface area contributed by atoms with Gasteiger partial charge in [0.25, 0.3) is 0 Å². The van der Waals surface area contributed by atoms with Gasteiger partial charge in [-0.3, -0.25) is 0 Å². The molecule has 0 heterocycles. The van der Waals surface area contributed by atoms with Gasteiger partial charge < -0.3 is 5.73 Å². The van der Waals surface area contributed by atoms with Crippen LogP contribution in [0.1, 0.15) is 5.56 Å². The lowest BCUT2D eigenvalue weighted by atomic mass is 10.2. The number of sulfone groups is 1. The van der Waals surface area contributed by atoms with Gasteiger partial charge in [0.1, 0.15) is 10.7 Å². The summed E-state index contributed by atoms with van der Waals surface area (Å²) in [6, 6.07) is 10.2. The first-order valence-electron chi connectivity index (χ1n) is 5.41. The van der Waals surface area contributed by atoms with E-state index < -0.39 is 15.7 Å². The van der Waals surface area contributed by atoms with Gasteiger partial charge in [-0.25, -0.2) is 12.8 Å². The minimum atomic E-state index is -3.73. The Bertz CT molecular complexity index is 716. The van der Waals surface area contributed by atoms with Crippen molar-refractivity contribution in [2.45, 2.75) is 10.6 Å². The van der Waals surface area contributed by atoms with E-state index >= 15 is 0 Å². The Hall–Kier alpha value is -1.40.